The number of hydrogen-bond acceptors (Lipinski definition) is 1. The first-order valence-electron chi connectivity index (χ1n) is 7.75. The maximum atomic E-state index is 12.4. The van der Waals surface area contributed by atoms with Gasteiger partial charge in [-0.05, 0) is 54.0 Å². The fraction of sp³-hybridized carbons (Fsp3) is 0.600. The van der Waals surface area contributed by atoms with Crippen LogP contribution < -0.4 is 0 Å². The van der Waals surface area contributed by atoms with Crippen LogP contribution in [0.5, 0.6) is 0 Å². The Morgan fingerprint density at radius 2 is 1.62 bits per heavy atom. The van der Waals surface area contributed by atoms with Crippen molar-refractivity contribution >= 4 is 6.08 Å². The first-order valence-corrected chi connectivity index (χ1v) is 7.75. The van der Waals surface area contributed by atoms with E-state index in [-0.39, 0.29) is 14.0 Å². The van der Waals surface area contributed by atoms with Crippen molar-refractivity contribution in [3.05, 3.63) is 40.5 Å². The van der Waals surface area contributed by atoms with Gasteiger partial charge in [-0.2, -0.15) is 13.2 Å². The molecule has 0 aliphatic carbocycles. The van der Waals surface area contributed by atoms with Crippen molar-refractivity contribution in [1.82, 2.24) is 0 Å². The Hall–Kier alpha value is -1.29. The maximum Gasteiger partial charge on any atom is 0.416 e. The zero-order valence-corrected chi connectivity index (χ0v) is 15.2. The number of halogens is 3. The molecule has 1 N–H and O–H groups in total. The summed E-state index contributed by atoms with van der Waals surface area (Å²) in [5, 5.41) is 8.83. The molecule has 0 aliphatic rings. The topological polar surface area (TPSA) is 20.2 Å². The van der Waals surface area contributed by atoms with E-state index in [0.29, 0.717) is 16.6 Å². The summed E-state index contributed by atoms with van der Waals surface area (Å²) in [5.41, 5.74) is 1.69. The summed E-state index contributed by atoms with van der Waals surface area (Å²) in [6, 6.07) is 3.58. The van der Waals surface area contributed by atoms with Crippen LogP contribution in [0.25, 0.3) is 6.08 Å². The van der Waals surface area contributed by atoms with Crippen LogP contribution in [0.2, 0.25) is 0 Å². The third-order valence-corrected chi connectivity index (χ3v) is 3.99. The number of aryl methyl sites for hydroxylation is 1. The number of aliphatic hydroxyl groups excluding tert-OH is 1. The molecule has 140 valence electrons. The van der Waals surface area contributed by atoms with E-state index in [0.717, 1.165) is 23.6 Å². The van der Waals surface area contributed by atoms with Crippen molar-refractivity contribution in [3.8, 4) is 0 Å². The van der Waals surface area contributed by atoms with E-state index in [1.54, 1.807) is 19.9 Å². The number of alkyl halides is 3. The van der Waals surface area contributed by atoms with Crippen LogP contribution in [-0.4, -0.2) is 11.7 Å². The van der Waals surface area contributed by atoms with Crippen LogP contribution in [-0.2, 0) is 6.18 Å². The molecule has 0 unspecified atom stereocenters. The van der Waals surface area contributed by atoms with Gasteiger partial charge in [0.1, 0.15) is 0 Å². The molecule has 0 saturated heterocycles. The molecule has 0 saturated carbocycles. The minimum atomic E-state index is -4.33. The SMILES string of the molecule is C.C/C(=C\c1cc(C(F)(F)F)ccc1C)CO.CC(C)C(C)(C)C. The third-order valence-electron chi connectivity index (χ3n) is 3.99. The molecule has 0 amide bonds. The number of benzene rings is 1. The van der Waals surface area contributed by atoms with E-state index in [4.69, 9.17) is 5.11 Å². The average Bonchev–Trinajstić information content (AvgIpc) is 2.39. The Balaban J connectivity index is 0. The molecule has 0 fully saturated rings. The van der Waals surface area contributed by atoms with Gasteiger partial charge in [0.05, 0.1) is 12.2 Å². The molecule has 0 radical (unpaired) electrons. The summed E-state index contributed by atoms with van der Waals surface area (Å²) in [5.74, 6) is 0.799. The lowest BCUT2D eigenvalue weighted by Gasteiger charge is -2.22. The molecule has 0 atom stereocenters. The van der Waals surface area contributed by atoms with E-state index in [2.05, 4.69) is 34.6 Å². The van der Waals surface area contributed by atoms with Gasteiger partial charge >= 0.3 is 6.18 Å². The van der Waals surface area contributed by atoms with Gasteiger partial charge in [0.2, 0.25) is 0 Å². The van der Waals surface area contributed by atoms with Gasteiger partial charge in [0.25, 0.3) is 0 Å². The van der Waals surface area contributed by atoms with Gasteiger partial charge in [-0.1, -0.05) is 54.2 Å². The molecule has 0 bridgehead atoms. The fourth-order valence-electron chi connectivity index (χ4n) is 1.28. The zero-order chi connectivity index (χ0) is 18.4. The molecule has 24 heavy (non-hydrogen) atoms. The summed E-state index contributed by atoms with van der Waals surface area (Å²) >= 11 is 0. The molecule has 1 aromatic rings. The highest BCUT2D eigenvalue weighted by atomic mass is 19.4. The number of rotatable bonds is 2. The van der Waals surface area contributed by atoms with Crippen molar-refractivity contribution in [3.63, 3.8) is 0 Å². The van der Waals surface area contributed by atoms with Crippen molar-refractivity contribution in [2.75, 3.05) is 6.61 Å². The molecule has 0 spiro atoms. The van der Waals surface area contributed by atoms with Crippen LogP contribution in [0, 0.1) is 18.3 Å². The largest absolute Gasteiger partial charge is 0.416 e. The molecule has 4 heteroatoms. The van der Waals surface area contributed by atoms with Gasteiger partial charge in [-0.3, -0.25) is 0 Å². The monoisotopic (exact) mass is 346 g/mol. The average molecular weight is 346 g/mol. The van der Waals surface area contributed by atoms with Gasteiger partial charge in [-0.15, -0.1) is 0 Å². The predicted octanol–water partition coefficient (Wildman–Crippen LogP) is 6.73. The highest BCUT2D eigenvalue weighted by Gasteiger charge is 2.30. The Morgan fingerprint density at radius 3 is 1.96 bits per heavy atom. The Labute approximate surface area is 145 Å². The van der Waals surface area contributed by atoms with Crippen LogP contribution in [0.1, 0.15) is 65.7 Å². The lowest BCUT2D eigenvalue weighted by Crippen LogP contribution is -2.12. The highest BCUT2D eigenvalue weighted by Crippen LogP contribution is 2.31. The zero-order valence-electron chi connectivity index (χ0n) is 15.2. The molecule has 1 nitrogen and oxygen atoms in total. The first-order chi connectivity index (χ1) is 10.3. The lowest BCUT2D eigenvalue weighted by atomic mass is 9.84. The van der Waals surface area contributed by atoms with E-state index < -0.39 is 11.7 Å². The normalized spacial score (nSPS) is 12.4. The second kappa shape index (κ2) is 9.87. The highest BCUT2D eigenvalue weighted by molar-refractivity contribution is 5.57. The third kappa shape index (κ3) is 9.11. The molecule has 0 aliphatic heterocycles. The summed E-state index contributed by atoms with van der Waals surface area (Å²) in [6.45, 7) is 14.5. The maximum absolute atomic E-state index is 12.4. The van der Waals surface area contributed by atoms with E-state index in [1.807, 2.05) is 0 Å². The van der Waals surface area contributed by atoms with Crippen LogP contribution in [0.4, 0.5) is 13.2 Å². The summed E-state index contributed by atoms with van der Waals surface area (Å²) in [7, 11) is 0. The number of aliphatic hydroxyl groups is 1. The van der Waals surface area contributed by atoms with Gasteiger partial charge in [0.15, 0.2) is 0 Å². The fourth-order valence-corrected chi connectivity index (χ4v) is 1.28. The summed E-state index contributed by atoms with van der Waals surface area (Å²) in [4.78, 5) is 0. The Bertz CT molecular complexity index is 521. The molecule has 1 rings (SSSR count). The summed E-state index contributed by atoms with van der Waals surface area (Å²) in [6.07, 6.45) is -2.77. The second-order valence-electron chi connectivity index (χ2n) is 7.24. The van der Waals surface area contributed by atoms with E-state index in [1.165, 1.54) is 6.07 Å². The molecule has 1 aromatic carbocycles. The smallest absolute Gasteiger partial charge is 0.392 e. The Kier molecular flexibility index (Phi) is 10.3. The van der Waals surface area contributed by atoms with Gasteiger partial charge in [0, 0.05) is 0 Å². The minimum absolute atomic E-state index is 0. The molecule has 0 aromatic heterocycles. The predicted molar refractivity (Wildman–Crippen MR) is 97.9 cm³/mol. The van der Waals surface area contributed by atoms with Gasteiger partial charge < -0.3 is 5.11 Å². The molecular weight excluding hydrogens is 313 g/mol. The Morgan fingerprint density at radius 1 is 1.17 bits per heavy atom. The second-order valence-corrected chi connectivity index (χ2v) is 7.24. The van der Waals surface area contributed by atoms with Crippen LogP contribution >= 0.6 is 0 Å². The van der Waals surface area contributed by atoms with Crippen LogP contribution in [0.15, 0.2) is 23.8 Å². The van der Waals surface area contributed by atoms with Crippen LogP contribution in [0.3, 0.4) is 0 Å². The minimum Gasteiger partial charge on any atom is -0.392 e. The standard InChI is InChI=1S/C12H13F3O.C7H16.CH4/c1-8(7-16)5-10-6-11(12(13,14)15)4-3-9(10)2;1-6(2)7(3,4)5;/h3-6,16H,7H2,1-2H3;6H,1-5H3;1H4/b8-5+;;. The number of hydrogen-bond donors (Lipinski definition) is 1. The van der Waals surface area contributed by atoms with Crippen molar-refractivity contribution in [2.24, 2.45) is 11.3 Å². The van der Waals surface area contributed by atoms with Gasteiger partial charge in [-0.25, -0.2) is 0 Å². The van der Waals surface area contributed by atoms with Crippen molar-refractivity contribution < 1.29 is 18.3 Å². The lowest BCUT2D eigenvalue weighted by molar-refractivity contribution is -0.137. The van der Waals surface area contributed by atoms with Crippen molar-refractivity contribution in [2.45, 2.75) is 62.1 Å². The molecular formula is C20H33F3O. The quantitative estimate of drug-likeness (QED) is 0.629. The van der Waals surface area contributed by atoms with E-state index in [9.17, 15) is 13.2 Å². The molecule has 0 heterocycles. The van der Waals surface area contributed by atoms with E-state index >= 15 is 0 Å². The van der Waals surface area contributed by atoms with Crippen molar-refractivity contribution in [1.29, 1.82) is 0 Å². The first kappa shape index (κ1) is 25.0. The summed E-state index contributed by atoms with van der Waals surface area (Å²) < 4.78 is 37.3.